The number of rotatable bonds is 5. The van der Waals surface area contributed by atoms with Crippen molar-refractivity contribution in [3.8, 4) is 0 Å². The van der Waals surface area contributed by atoms with E-state index in [0.717, 1.165) is 18.4 Å². The predicted molar refractivity (Wildman–Crippen MR) is 71.9 cm³/mol. The summed E-state index contributed by atoms with van der Waals surface area (Å²) in [4.78, 5) is 21.9. The maximum absolute atomic E-state index is 11.2. The highest BCUT2D eigenvalue weighted by atomic mass is 16.4. The van der Waals surface area contributed by atoms with E-state index < -0.39 is 5.97 Å². The lowest BCUT2D eigenvalue weighted by Crippen LogP contribution is -2.26. The van der Waals surface area contributed by atoms with Crippen molar-refractivity contribution in [3.05, 3.63) is 34.9 Å². The highest BCUT2D eigenvalue weighted by molar-refractivity contribution is 5.73. The van der Waals surface area contributed by atoms with Gasteiger partial charge < -0.3 is 10.4 Å². The first kappa shape index (κ1) is 13.6. The molecule has 4 heteroatoms. The molecule has 0 radical (unpaired) electrons. The van der Waals surface area contributed by atoms with Crippen LogP contribution < -0.4 is 5.32 Å². The lowest BCUT2D eigenvalue weighted by molar-refractivity contribution is -0.137. The Hall–Kier alpha value is -1.84. The Morgan fingerprint density at radius 1 is 1.32 bits per heavy atom. The molecule has 0 saturated heterocycles. The molecule has 2 N–H and O–H groups in total. The molecule has 0 heterocycles. The van der Waals surface area contributed by atoms with E-state index >= 15 is 0 Å². The summed E-state index contributed by atoms with van der Waals surface area (Å²) in [6, 6.07) is 6.02. The summed E-state index contributed by atoms with van der Waals surface area (Å²) in [5, 5.41) is 11.6. The van der Waals surface area contributed by atoms with Crippen LogP contribution in [0.25, 0.3) is 0 Å². The Morgan fingerprint density at radius 2 is 2.05 bits per heavy atom. The van der Waals surface area contributed by atoms with Crippen molar-refractivity contribution in [2.24, 2.45) is 0 Å². The molecule has 1 aromatic carbocycles. The lowest BCUT2D eigenvalue weighted by atomic mass is 9.98. The Bertz CT molecular complexity index is 496. The molecule has 1 amide bonds. The SMILES string of the molecule is CC(=O)NC(CCC(=O)O)c1ccc2c(c1)CCC2. The quantitative estimate of drug-likeness (QED) is 0.854. The number of aliphatic carboxylic acids is 1. The smallest absolute Gasteiger partial charge is 0.303 e. The van der Waals surface area contributed by atoms with E-state index in [-0.39, 0.29) is 18.4 Å². The van der Waals surface area contributed by atoms with Crippen LogP contribution in [-0.2, 0) is 22.4 Å². The molecule has 0 bridgehead atoms. The molecule has 0 aliphatic heterocycles. The summed E-state index contributed by atoms with van der Waals surface area (Å²) in [6.45, 7) is 1.46. The van der Waals surface area contributed by atoms with Crippen LogP contribution in [-0.4, -0.2) is 17.0 Å². The molecule has 1 unspecified atom stereocenters. The summed E-state index contributed by atoms with van der Waals surface area (Å²) in [5.41, 5.74) is 3.73. The van der Waals surface area contributed by atoms with Gasteiger partial charge in [-0.05, 0) is 42.4 Å². The second-order valence-corrected chi connectivity index (χ2v) is 5.07. The summed E-state index contributed by atoms with van der Waals surface area (Å²) in [5.74, 6) is -0.965. The van der Waals surface area contributed by atoms with Crippen molar-refractivity contribution < 1.29 is 14.7 Å². The highest BCUT2D eigenvalue weighted by Crippen LogP contribution is 2.27. The summed E-state index contributed by atoms with van der Waals surface area (Å²) in [7, 11) is 0. The molecule has 19 heavy (non-hydrogen) atoms. The third-order valence-electron chi connectivity index (χ3n) is 3.55. The Labute approximate surface area is 112 Å². The molecule has 0 spiro atoms. The van der Waals surface area contributed by atoms with Gasteiger partial charge in [0, 0.05) is 13.3 Å². The molecule has 1 aromatic rings. The molecule has 4 nitrogen and oxygen atoms in total. The molecular formula is C15H19NO3. The van der Waals surface area contributed by atoms with Gasteiger partial charge in [-0.15, -0.1) is 0 Å². The number of carboxylic acid groups (broad SMARTS) is 1. The van der Waals surface area contributed by atoms with Crippen molar-refractivity contribution in [3.63, 3.8) is 0 Å². The van der Waals surface area contributed by atoms with Gasteiger partial charge in [0.25, 0.3) is 0 Å². The van der Waals surface area contributed by atoms with Crippen LogP contribution in [0.5, 0.6) is 0 Å². The highest BCUT2D eigenvalue weighted by Gasteiger charge is 2.17. The van der Waals surface area contributed by atoms with Gasteiger partial charge in [-0.2, -0.15) is 0 Å². The average Bonchev–Trinajstić information content (AvgIpc) is 2.80. The number of aryl methyl sites for hydroxylation is 2. The summed E-state index contributed by atoms with van der Waals surface area (Å²) >= 11 is 0. The molecule has 0 aromatic heterocycles. The number of carboxylic acids is 1. The van der Waals surface area contributed by atoms with Crippen molar-refractivity contribution in [1.82, 2.24) is 5.32 Å². The van der Waals surface area contributed by atoms with Crippen molar-refractivity contribution in [2.75, 3.05) is 0 Å². The zero-order chi connectivity index (χ0) is 13.8. The number of amides is 1. The van der Waals surface area contributed by atoms with Gasteiger partial charge in [0.2, 0.25) is 5.91 Å². The minimum absolute atomic E-state index is 0.0576. The van der Waals surface area contributed by atoms with Crippen LogP contribution in [0.3, 0.4) is 0 Å². The number of nitrogens with one attached hydrogen (secondary N) is 1. The molecule has 0 saturated carbocycles. The maximum atomic E-state index is 11.2. The lowest BCUT2D eigenvalue weighted by Gasteiger charge is -2.18. The molecule has 0 fully saturated rings. The number of benzene rings is 1. The summed E-state index contributed by atoms with van der Waals surface area (Å²) in [6.07, 6.45) is 3.86. The summed E-state index contributed by atoms with van der Waals surface area (Å²) < 4.78 is 0. The number of carbonyl (C=O) groups is 2. The van der Waals surface area contributed by atoms with Crippen molar-refractivity contribution in [2.45, 2.75) is 45.1 Å². The standard InChI is InChI=1S/C15H19NO3/c1-10(17)16-14(7-8-15(18)19)13-6-5-11-3-2-4-12(11)9-13/h5-6,9,14H,2-4,7-8H2,1H3,(H,16,17)(H,18,19). The average molecular weight is 261 g/mol. The van der Waals surface area contributed by atoms with E-state index in [2.05, 4.69) is 17.4 Å². The van der Waals surface area contributed by atoms with E-state index in [1.54, 1.807) is 0 Å². The zero-order valence-electron chi connectivity index (χ0n) is 11.1. The second-order valence-electron chi connectivity index (χ2n) is 5.07. The third-order valence-corrected chi connectivity index (χ3v) is 3.55. The Morgan fingerprint density at radius 3 is 2.74 bits per heavy atom. The fourth-order valence-corrected chi connectivity index (χ4v) is 2.64. The second kappa shape index (κ2) is 5.87. The van der Waals surface area contributed by atoms with Crippen LogP contribution in [0, 0.1) is 0 Å². The minimum Gasteiger partial charge on any atom is -0.481 e. The normalized spacial score (nSPS) is 14.8. The Balaban J connectivity index is 2.16. The van der Waals surface area contributed by atoms with Crippen LogP contribution in [0.2, 0.25) is 0 Å². The van der Waals surface area contributed by atoms with Gasteiger partial charge in [0.05, 0.1) is 6.04 Å². The number of carbonyl (C=O) groups excluding carboxylic acids is 1. The van der Waals surface area contributed by atoms with Gasteiger partial charge in [0.15, 0.2) is 0 Å². The van der Waals surface area contributed by atoms with Crippen LogP contribution in [0.1, 0.15) is 48.9 Å². The van der Waals surface area contributed by atoms with E-state index in [4.69, 9.17) is 5.11 Å². The van der Waals surface area contributed by atoms with Gasteiger partial charge >= 0.3 is 5.97 Å². The van der Waals surface area contributed by atoms with Crippen LogP contribution in [0.4, 0.5) is 0 Å². The van der Waals surface area contributed by atoms with Crippen LogP contribution in [0.15, 0.2) is 18.2 Å². The van der Waals surface area contributed by atoms with Crippen molar-refractivity contribution in [1.29, 1.82) is 0 Å². The topological polar surface area (TPSA) is 66.4 Å². The van der Waals surface area contributed by atoms with E-state index in [1.807, 2.05) is 6.07 Å². The molecule has 1 atom stereocenters. The molecule has 2 rings (SSSR count). The van der Waals surface area contributed by atoms with Gasteiger partial charge in [-0.25, -0.2) is 0 Å². The van der Waals surface area contributed by atoms with Crippen molar-refractivity contribution >= 4 is 11.9 Å². The van der Waals surface area contributed by atoms with Gasteiger partial charge in [-0.3, -0.25) is 9.59 Å². The van der Waals surface area contributed by atoms with E-state index in [1.165, 1.54) is 24.5 Å². The minimum atomic E-state index is -0.837. The first-order valence-electron chi connectivity index (χ1n) is 6.67. The van der Waals surface area contributed by atoms with Gasteiger partial charge in [-0.1, -0.05) is 18.2 Å². The molecule has 1 aliphatic carbocycles. The van der Waals surface area contributed by atoms with E-state index in [9.17, 15) is 9.59 Å². The fraction of sp³-hybridized carbons (Fsp3) is 0.467. The predicted octanol–water partition coefficient (Wildman–Crippen LogP) is 2.22. The number of hydrogen-bond acceptors (Lipinski definition) is 2. The van der Waals surface area contributed by atoms with Crippen LogP contribution >= 0.6 is 0 Å². The molecular weight excluding hydrogens is 242 g/mol. The van der Waals surface area contributed by atoms with E-state index in [0.29, 0.717) is 6.42 Å². The molecule has 102 valence electrons. The number of hydrogen-bond donors (Lipinski definition) is 2. The number of fused-ring (bicyclic) bond motifs is 1. The molecule has 1 aliphatic rings. The zero-order valence-corrected chi connectivity index (χ0v) is 11.1. The Kier molecular flexibility index (Phi) is 4.20. The third kappa shape index (κ3) is 3.56. The fourth-order valence-electron chi connectivity index (χ4n) is 2.64. The van der Waals surface area contributed by atoms with Gasteiger partial charge in [0.1, 0.15) is 0 Å². The largest absolute Gasteiger partial charge is 0.481 e. The maximum Gasteiger partial charge on any atom is 0.303 e. The first-order valence-corrected chi connectivity index (χ1v) is 6.67. The monoisotopic (exact) mass is 261 g/mol. The first-order chi connectivity index (χ1) is 9.06.